The molecule has 0 bridgehead atoms. The zero-order chi connectivity index (χ0) is 11.1. The van der Waals surface area contributed by atoms with Crippen LogP contribution in [0.15, 0.2) is 22.7 Å². The van der Waals surface area contributed by atoms with Crippen molar-refractivity contribution in [3.05, 3.63) is 33.3 Å². The van der Waals surface area contributed by atoms with E-state index in [-0.39, 0.29) is 0 Å². The summed E-state index contributed by atoms with van der Waals surface area (Å²) in [5.74, 6) is 0. The SMILES string of the molecule is CC(Br)C1(Cc2ccc(Br)cc2Cl)CC1. The summed E-state index contributed by atoms with van der Waals surface area (Å²) < 4.78 is 1.05. The number of halogens is 3. The second-order valence-corrected chi connectivity index (χ2v) is 7.09. The largest absolute Gasteiger partial charge is 0.0888 e. The summed E-state index contributed by atoms with van der Waals surface area (Å²) in [6.07, 6.45) is 3.71. The van der Waals surface area contributed by atoms with Gasteiger partial charge in [-0.25, -0.2) is 0 Å². The van der Waals surface area contributed by atoms with Crippen LogP contribution in [0.1, 0.15) is 25.3 Å². The minimum Gasteiger partial charge on any atom is -0.0888 e. The van der Waals surface area contributed by atoms with Gasteiger partial charge in [-0.2, -0.15) is 0 Å². The molecular formula is C12H13Br2Cl. The van der Waals surface area contributed by atoms with Gasteiger partial charge in [-0.3, -0.25) is 0 Å². The molecule has 0 amide bonds. The van der Waals surface area contributed by atoms with Crippen molar-refractivity contribution in [2.75, 3.05) is 0 Å². The maximum atomic E-state index is 6.22. The predicted molar refractivity (Wildman–Crippen MR) is 72.9 cm³/mol. The fourth-order valence-electron chi connectivity index (χ4n) is 1.92. The zero-order valence-corrected chi connectivity index (χ0v) is 12.5. The molecule has 1 aliphatic rings. The molecule has 1 atom stereocenters. The van der Waals surface area contributed by atoms with E-state index in [0.717, 1.165) is 15.9 Å². The molecular weight excluding hydrogens is 339 g/mol. The van der Waals surface area contributed by atoms with Crippen molar-refractivity contribution in [2.45, 2.75) is 31.0 Å². The van der Waals surface area contributed by atoms with Crippen molar-refractivity contribution in [3.63, 3.8) is 0 Å². The Morgan fingerprint density at radius 3 is 2.60 bits per heavy atom. The van der Waals surface area contributed by atoms with E-state index in [2.05, 4.69) is 50.9 Å². The standard InChI is InChI=1S/C12H13Br2Cl/c1-8(13)12(4-5-12)7-9-2-3-10(14)6-11(9)15/h2-3,6,8H,4-5,7H2,1H3. The summed E-state index contributed by atoms with van der Waals surface area (Å²) in [5, 5.41) is 0.879. The highest BCUT2D eigenvalue weighted by Crippen LogP contribution is 2.54. The van der Waals surface area contributed by atoms with E-state index < -0.39 is 0 Å². The quantitative estimate of drug-likeness (QED) is 0.655. The van der Waals surface area contributed by atoms with Gasteiger partial charge >= 0.3 is 0 Å². The van der Waals surface area contributed by atoms with Gasteiger partial charge in [-0.1, -0.05) is 56.5 Å². The Labute approximate surface area is 113 Å². The first kappa shape index (κ1) is 11.9. The molecule has 3 heteroatoms. The average Bonchev–Trinajstić information content (AvgIpc) is 2.91. The van der Waals surface area contributed by atoms with Gasteiger partial charge in [-0.15, -0.1) is 0 Å². The van der Waals surface area contributed by atoms with Crippen molar-refractivity contribution in [1.82, 2.24) is 0 Å². The highest BCUT2D eigenvalue weighted by molar-refractivity contribution is 9.10. The van der Waals surface area contributed by atoms with Gasteiger partial charge in [0.2, 0.25) is 0 Å². The van der Waals surface area contributed by atoms with Crippen molar-refractivity contribution in [1.29, 1.82) is 0 Å². The molecule has 0 aliphatic heterocycles. The van der Waals surface area contributed by atoms with Gasteiger partial charge in [0.15, 0.2) is 0 Å². The Morgan fingerprint density at radius 1 is 1.47 bits per heavy atom. The summed E-state index contributed by atoms with van der Waals surface area (Å²) in [6, 6.07) is 6.17. The van der Waals surface area contributed by atoms with E-state index in [4.69, 9.17) is 11.6 Å². The Kier molecular flexibility index (Phi) is 3.49. The van der Waals surface area contributed by atoms with Crippen molar-refractivity contribution >= 4 is 43.5 Å². The predicted octanol–water partition coefficient (Wildman–Crippen LogP) is 5.21. The third-order valence-corrected chi connectivity index (χ3v) is 5.11. The lowest BCUT2D eigenvalue weighted by Crippen LogP contribution is -2.15. The maximum absolute atomic E-state index is 6.22. The molecule has 0 N–H and O–H groups in total. The van der Waals surface area contributed by atoms with Gasteiger partial charge < -0.3 is 0 Å². The number of benzene rings is 1. The van der Waals surface area contributed by atoms with Gasteiger partial charge in [0.1, 0.15) is 0 Å². The van der Waals surface area contributed by atoms with E-state index in [9.17, 15) is 0 Å². The lowest BCUT2D eigenvalue weighted by Gasteiger charge is -2.18. The van der Waals surface area contributed by atoms with Gasteiger partial charge in [-0.05, 0) is 42.4 Å². The van der Waals surface area contributed by atoms with Crippen LogP contribution < -0.4 is 0 Å². The zero-order valence-electron chi connectivity index (χ0n) is 8.56. The van der Waals surface area contributed by atoms with E-state index >= 15 is 0 Å². The maximum Gasteiger partial charge on any atom is 0.0449 e. The number of hydrogen-bond donors (Lipinski definition) is 0. The Morgan fingerprint density at radius 2 is 2.13 bits per heavy atom. The Balaban J connectivity index is 2.18. The fraction of sp³-hybridized carbons (Fsp3) is 0.500. The highest BCUT2D eigenvalue weighted by atomic mass is 79.9. The van der Waals surface area contributed by atoms with Crippen LogP contribution in [-0.4, -0.2) is 4.83 Å². The molecule has 1 fully saturated rings. The molecule has 15 heavy (non-hydrogen) atoms. The van der Waals surface area contributed by atoms with Crippen molar-refractivity contribution in [2.24, 2.45) is 5.41 Å². The molecule has 0 radical (unpaired) electrons. The summed E-state index contributed by atoms with van der Waals surface area (Å²) in [6.45, 7) is 2.24. The van der Waals surface area contributed by atoms with Crippen LogP contribution in [0, 0.1) is 5.41 Å². The molecule has 2 rings (SSSR count). The lowest BCUT2D eigenvalue weighted by atomic mass is 9.94. The summed E-state index contributed by atoms with van der Waals surface area (Å²) >= 11 is 13.4. The van der Waals surface area contributed by atoms with Gasteiger partial charge in [0, 0.05) is 14.3 Å². The molecule has 1 aliphatic carbocycles. The topological polar surface area (TPSA) is 0 Å². The second kappa shape index (κ2) is 4.38. The van der Waals surface area contributed by atoms with Gasteiger partial charge in [0.05, 0.1) is 0 Å². The molecule has 1 saturated carbocycles. The van der Waals surface area contributed by atoms with Crippen LogP contribution in [0.3, 0.4) is 0 Å². The molecule has 0 saturated heterocycles. The lowest BCUT2D eigenvalue weighted by molar-refractivity contribution is 0.509. The molecule has 1 aromatic carbocycles. The summed E-state index contributed by atoms with van der Waals surface area (Å²) in [4.78, 5) is 0.574. The molecule has 0 nitrogen and oxygen atoms in total. The smallest absolute Gasteiger partial charge is 0.0449 e. The molecule has 1 aromatic rings. The Hall–Kier alpha value is 0.470. The van der Waals surface area contributed by atoms with Crippen molar-refractivity contribution in [3.8, 4) is 0 Å². The third-order valence-electron chi connectivity index (χ3n) is 3.29. The fourth-order valence-corrected chi connectivity index (χ4v) is 3.28. The summed E-state index contributed by atoms with van der Waals surface area (Å²) in [5.41, 5.74) is 1.72. The van der Waals surface area contributed by atoms with E-state index in [1.807, 2.05) is 6.07 Å². The summed E-state index contributed by atoms with van der Waals surface area (Å²) in [7, 11) is 0. The van der Waals surface area contributed by atoms with Crippen LogP contribution in [0.4, 0.5) is 0 Å². The number of rotatable bonds is 3. The van der Waals surface area contributed by atoms with Crippen LogP contribution in [-0.2, 0) is 6.42 Å². The first-order valence-electron chi connectivity index (χ1n) is 5.11. The minimum absolute atomic E-state index is 0.456. The second-order valence-electron chi connectivity index (χ2n) is 4.39. The van der Waals surface area contributed by atoms with Crippen LogP contribution in [0.25, 0.3) is 0 Å². The van der Waals surface area contributed by atoms with Crippen LogP contribution in [0.2, 0.25) is 5.02 Å². The van der Waals surface area contributed by atoms with Crippen LogP contribution >= 0.6 is 43.5 Å². The molecule has 0 heterocycles. The van der Waals surface area contributed by atoms with Crippen LogP contribution in [0.5, 0.6) is 0 Å². The molecule has 1 unspecified atom stereocenters. The molecule has 0 spiro atoms. The van der Waals surface area contributed by atoms with E-state index in [1.165, 1.54) is 18.4 Å². The first-order valence-corrected chi connectivity index (χ1v) is 7.20. The van der Waals surface area contributed by atoms with Gasteiger partial charge in [0.25, 0.3) is 0 Å². The monoisotopic (exact) mass is 350 g/mol. The number of hydrogen-bond acceptors (Lipinski definition) is 0. The third kappa shape index (κ3) is 2.59. The number of alkyl halides is 1. The van der Waals surface area contributed by atoms with Crippen molar-refractivity contribution < 1.29 is 0 Å². The normalized spacial score (nSPS) is 20.0. The average molecular weight is 352 g/mol. The first-order chi connectivity index (χ1) is 7.03. The molecule has 0 aromatic heterocycles. The highest BCUT2D eigenvalue weighted by Gasteiger charge is 2.46. The Bertz CT molecular complexity index is 370. The molecule has 82 valence electrons. The minimum atomic E-state index is 0.456. The van der Waals surface area contributed by atoms with E-state index in [0.29, 0.717) is 10.2 Å². The van der Waals surface area contributed by atoms with E-state index in [1.54, 1.807) is 0 Å².